The maximum atomic E-state index is 6.01. The van der Waals surface area contributed by atoms with Gasteiger partial charge in [0.05, 0.1) is 6.61 Å². The van der Waals surface area contributed by atoms with Gasteiger partial charge in [0.15, 0.2) is 0 Å². The number of fused-ring (bicyclic) bond motifs is 1. The summed E-state index contributed by atoms with van der Waals surface area (Å²) in [5.74, 6) is 1.80. The molecule has 3 rings (SSSR count). The van der Waals surface area contributed by atoms with Gasteiger partial charge in [0.25, 0.3) is 0 Å². The molecule has 2 nitrogen and oxygen atoms in total. The molecule has 104 valence electrons. The van der Waals surface area contributed by atoms with Crippen LogP contribution in [0.3, 0.4) is 0 Å². The van der Waals surface area contributed by atoms with Crippen molar-refractivity contribution < 1.29 is 4.74 Å². The van der Waals surface area contributed by atoms with Crippen LogP contribution in [0.15, 0.2) is 18.2 Å². The molecular weight excluding hydrogens is 234 g/mol. The molecular formula is C17H25NO. The summed E-state index contributed by atoms with van der Waals surface area (Å²) in [6.07, 6.45) is 6.45. The summed E-state index contributed by atoms with van der Waals surface area (Å²) in [6, 6.07) is 6.47. The number of nitrogens with one attached hydrogen (secondary N) is 1. The maximum absolute atomic E-state index is 6.01. The fraction of sp³-hybridized carbons (Fsp3) is 0.647. The van der Waals surface area contributed by atoms with Gasteiger partial charge in [-0.2, -0.15) is 0 Å². The Kier molecular flexibility index (Phi) is 3.42. The van der Waals surface area contributed by atoms with E-state index in [9.17, 15) is 0 Å². The highest BCUT2D eigenvalue weighted by Gasteiger charge is 2.27. The van der Waals surface area contributed by atoms with Crippen LogP contribution in [0.25, 0.3) is 0 Å². The molecule has 0 saturated heterocycles. The van der Waals surface area contributed by atoms with Gasteiger partial charge in [-0.25, -0.2) is 0 Å². The number of ether oxygens (including phenoxy) is 1. The summed E-state index contributed by atoms with van der Waals surface area (Å²) in [5, 5.41) is 3.39. The monoisotopic (exact) mass is 259 g/mol. The number of benzene rings is 1. The van der Waals surface area contributed by atoms with Crippen LogP contribution in [0, 0.1) is 11.3 Å². The average Bonchev–Trinajstić information content (AvgIpc) is 2.85. The molecule has 0 aromatic heterocycles. The molecule has 1 aromatic carbocycles. The van der Waals surface area contributed by atoms with Crippen molar-refractivity contribution in [1.29, 1.82) is 0 Å². The molecule has 0 amide bonds. The van der Waals surface area contributed by atoms with E-state index in [1.54, 1.807) is 0 Å². The van der Waals surface area contributed by atoms with E-state index < -0.39 is 0 Å². The van der Waals surface area contributed by atoms with Gasteiger partial charge < -0.3 is 10.1 Å². The fourth-order valence-corrected chi connectivity index (χ4v) is 3.21. The zero-order valence-electron chi connectivity index (χ0n) is 12.2. The Balaban J connectivity index is 1.53. The molecule has 1 heterocycles. The topological polar surface area (TPSA) is 21.3 Å². The van der Waals surface area contributed by atoms with Crippen LogP contribution in [0.4, 0.5) is 5.69 Å². The molecule has 2 heteroatoms. The molecule has 2 aliphatic rings. The Morgan fingerprint density at radius 1 is 1.26 bits per heavy atom. The Morgan fingerprint density at radius 2 is 2.05 bits per heavy atom. The molecule has 1 aliphatic heterocycles. The van der Waals surface area contributed by atoms with Gasteiger partial charge in [0.1, 0.15) is 5.75 Å². The van der Waals surface area contributed by atoms with E-state index in [0.29, 0.717) is 5.41 Å². The maximum Gasteiger partial charge on any atom is 0.119 e. The third kappa shape index (κ3) is 3.05. The first-order valence-electron chi connectivity index (χ1n) is 7.62. The van der Waals surface area contributed by atoms with Gasteiger partial charge >= 0.3 is 0 Å². The summed E-state index contributed by atoms with van der Waals surface area (Å²) in [5.41, 5.74) is 3.24. The van der Waals surface area contributed by atoms with Crippen molar-refractivity contribution in [3.8, 4) is 5.75 Å². The first-order chi connectivity index (χ1) is 9.12. The third-order valence-corrected chi connectivity index (χ3v) is 4.73. The Morgan fingerprint density at radius 3 is 2.84 bits per heavy atom. The summed E-state index contributed by atoms with van der Waals surface area (Å²) in [4.78, 5) is 0. The predicted octanol–water partition coefficient (Wildman–Crippen LogP) is 4.25. The van der Waals surface area contributed by atoms with Crippen LogP contribution in [0.2, 0.25) is 0 Å². The van der Waals surface area contributed by atoms with E-state index >= 15 is 0 Å². The number of rotatable bonds is 3. The first-order valence-corrected chi connectivity index (χ1v) is 7.62. The largest absolute Gasteiger partial charge is 0.493 e. The number of hydrogen-bond acceptors (Lipinski definition) is 2. The minimum absolute atomic E-state index is 0.551. The molecule has 19 heavy (non-hydrogen) atoms. The van der Waals surface area contributed by atoms with E-state index in [0.717, 1.165) is 31.2 Å². The van der Waals surface area contributed by atoms with Crippen LogP contribution in [0.1, 0.15) is 45.1 Å². The van der Waals surface area contributed by atoms with Gasteiger partial charge in [0.2, 0.25) is 0 Å². The van der Waals surface area contributed by atoms with Crippen LogP contribution in [-0.2, 0) is 6.42 Å². The quantitative estimate of drug-likeness (QED) is 0.876. The predicted molar refractivity (Wildman–Crippen MR) is 79.9 cm³/mol. The Hall–Kier alpha value is -1.18. The summed E-state index contributed by atoms with van der Waals surface area (Å²) < 4.78 is 6.01. The summed E-state index contributed by atoms with van der Waals surface area (Å²) in [6.45, 7) is 6.73. The third-order valence-electron chi connectivity index (χ3n) is 4.73. The van der Waals surface area contributed by atoms with Gasteiger partial charge in [-0.1, -0.05) is 13.8 Å². The number of anilines is 1. The van der Waals surface area contributed by atoms with Crippen LogP contribution >= 0.6 is 0 Å². The van der Waals surface area contributed by atoms with Gasteiger partial charge in [-0.05, 0) is 67.2 Å². The molecule has 1 saturated carbocycles. The Bertz CT molecular complexity index is 443. The molecule has 0 spiro atoms. The summed E-state index contributed by atoms with van der Waals surface area (Å²) >= 11 is 0. The van der Waals surface area contributed by atoms with Crippen molar-refractivity contribution in [3.63, 3.8) is 0 Å². The lowest BCUT2D eigenvalue weighted by molar-refractivity contribution is 0.142. The molecule has 0 radical (unpaired) electrons. The smallest absolute Gasteiger partial charge is 0.119 e. The normalized spacial score (nSPS) is 21.8. The van der Waals surface area contributed by atoms with Crippen molar-refractivity contribution in [3.05, 3.63) is 23.8 Å². The average molecular weight is 259 g/mol. The SMILES string of the molecule is CC1(C)CCC(COc2ccc3c(c2)CCN3)CC1. The lowest BCUT2D eigenvalue weighted by atomic mass is 9.73. The highest BCUT2D eigenvalue weighted by Crippen LogP contribution is 2.38. The van der Waals surface area contributed by atoms with Crippen molar-refractivity contribution in [2.45, 2.75) is 46.0 Å². The van der Waals surface area contributed by atoms with Crippen molar-refractivity contribution in [2.75, 3.05) is 18.5 Å². The van der Waals surface area contributed by atoms with Gasteiger partial charge in [-0.3, -0.25) is 0 Å². The van der Waals surface area contributed by atoms with E-state index in [-0.39, 0.29) is 0 Å². The van der Waals surface area contributed by atoms with E-state index in [2.05, 4.69) is 37.4 Å². The molecule has 0 atom stereocenters. The van der Waals surface area contributed by atoms with Crippen LogP contribution in [0.5, 0.6) is 5.75 Å². The second-order valence-electron chi connectivity index (χ2n) is 6.91. The van der Waals surface area contributed by atoms with E-state index in [1.165, 1.54) is 36.9 Å². The van der Waals surface area contributed by atoms with E-state index in [1.807, 2.05) is 0 Å². The lowest BCUT2D eigenvalue weighted by Crippen LogP contribution is -2.24. The molecule has 0 unspecified atom stereocenters. The molecule has 1 aliphatic carbocycles. The second-order valence-corrected chi connectivity index (χ2v) is 6.91. The van der Waals surface area contributed by atoms with Crippen molar-refractivity contribution in [1.82, 2.24) is 0 Å². The zero-order chi connectivity index (χ0) is 13.3. The van der Waals surface area contributed by atoms with Gasteiger partial charge in [0, 0.05) is 12.2 Å². The molecule has 0 bridgehead atoms. The second kappa shape index (κ2) is 5.07. The Labute approximate surface area is 116 Å². The number of hydrogen-bond donors (Lipinski definition) is 1. The van der Waals surface area contributed by atoms with Crippen LogP contribution in [-0.4, -0.2) is 13.2 Å². The van der Waals surface area contributed by atoms with Crippen molar-refractivity contribution >= 4 is 5.69 Å². The van der Waals surface area contributed by atoms with E-state index in [4.69, 9.17) is 4.74 Å². The van der Waals surface area contributed by atoms with Crippen molar-refractivity contribution in [2.24, 2.45) is 11.3 Å². The standard InChI is InChI=1S/C17H25NO/c1-17(2)8-5-13(6-9-17)12-19-15-3-4-16-14(11-15)7-10-18-16/h3-4,11,13,18H,5-10,12H2,1-2H3. The lowest BCUT2D eigenvalue weighted by Gasteiger charge is -2.34. The minimum atomic E-state index is 0.551. The zero-order valence-corrected chi connectivity index (χ0v) is 12.2. The highest BCUT2D eigenvalue weighted by atomic mass is 16.5. The minimum Gasteiger partial charge on any atom is -0.493 e. The van der Waals surface area contributed by atoms with Gasteiger partial charge in [-0.15, -0.1) is 0 Å². The van der Waals surface area contributed by atoms with Crippen LogP contribution < -0.4 is 10.1 Å². The highest BCUT2D eigenvalue weighted by molar-refractivity contribution is 5.57. The fourth-order valence-electron chi connectivity index (χ4n) is 3.21. The molecule has 1 aromatic rings. The molecule has 1 N–H and O–H groups in total. The molecule has 1 fully saturated rings. The first kappa shape index (κ1) is 12.8. The summed E-state index contributed by atoms with van der Waals surface area (Å²) in [7, 11) is 0.